The van der Waals surface area contributed by atoms with Crippen LogP contribution in [0.3, 0.4) is 0 Å². The molecule has 3 rings (SSSR count). The van der Waals surface area contributed by atoms with Gasteiger partial charge in [0, 0.05) is 12.3 Å². The zero-order valence-corrected chi connectivity index (χ0v) is 19.2. The third-order valence-electron chi connectivity index (χ3n) is 5.01. The molecule has 30 heavy (non-hydrogen) atoms. The number of fused-ring (bicyclic) bond motifs is 1. The number of carbonyl (C=O) groups is 2. The molecule has 3 unspecified atom stereocenters. The number of rotatable bonds is 5. The van der Waals surface area contributed by atoms with Gasteiger partial charge in [0.25, 0.3) is 5.91 Å². The molecule has 4 atom stereocenters. The largest absolute Gasteiger partial charge is 0.443 e. The minimum Gasteiger partial charge on any atom is -0.443 e. The molecule has 2 amide bonds. The van der Waals surface area contributed by atoms with Gasteiger partial charge in [0.15, 0.2) is 6.23 Å². The number of benzene rings is 1. The van der Waals surface area contributed by atoms with E-state index >= 15 is 0 Å². The summed E-state index contributed by atoms with van der Waals surface area (Å²) in [4.78, 5) is 28.0. The van der Waals surface area contributed by atoms with Crippen molar-refractivity contribution in [2.24, 2.45) is 11.7 Å². The summed E-state index contributed by atoms with van der Waals surface area (Å²) in [5.74, 6) is 0.574. The Kier molecular flexibility index (Phi) is 6.81. The van der Waals surface area contributed by atoms with Crippen LogP contribution in [0.2, 0.25) is 0 Å². The van der Waals surface area contributed by atoms with Gasteiger partial charge in [-0.2, -0.15) is 0 Å². The van der Waals surface area contributed by atoms with Crippen LogP contribution in [0, 0.1) is 5.92 Å². The third kappa shape index (κ3) is 4.82. The predicted molar refractivity (Wildman–Crippen MR) is 118 cm³/mol. The molecule has 0 saturated carbocycles. The highest BCUT2D eigenvalue weighted by Gasteiger charge is 2.70. The van der Waals surface area contributed by atoms with Crippen LogP contribution in [0.25, 0.3) is 0 Å². The summed E-state index contributed by atoms with van der Waals surface area (Å²) in [5, 5.41) is 3.06. The fourth-order valence-corrected chi connectivity index (χ4v) is 5.11. The number of imide groups is 1. The van der Waals surface area contributed by atoms with Gasteiger partial charge in [-0.1, -0.05) is 44.2 Å². The summed E-state index contributed by atoms with van der Waals surface area (Å²) in [6.07, 6.45) is -0.713. The Bertz CT molecular complexity index is 767. The summed E-state index contributed by atoms with van der Waals surface area (Å²) in [7, 11) is 0. The topological polar surface area (TPSA) is 97.2 Å². The number of hydrogen-bond acceptors (Lipinski definition) is 7. The normalized spacial score (nSPS) is 27.0. The Balaban J connectivity index is 2.03. The highest BCUT2D eigenvalue weighted by Crippen LogP contribution is 2.56. The van der Waals surface area contributed by atoms with Gasteiger partial charge in [-0.3, -0.25) is 10.1 Å². The Labute approximate surface area is 183 Å². The smallest absolute Gasteiger partial charge is 0.419 e. The molecule has 0 spiro atoms. The maximum Gasteiger partial charge on any atom is 0.419 e. The van der Waals surface area contributed by atoms with Crippen LogP contribution in [0.5, 0.6) is 0 Å². The molecule has 2 aliphatic rings. The lowest BCUT2D eigenvalue weighted by atomic mass is 9.99. The average molecular weight is 436 g/mol. The number of amides is 2. The van der Waals surface area contributed by atoms with Gasteiger partial charge in [0.2, 0.25) is 5.72 Å². The molecule has 0 radical (unpaired) electrons. The first kappa shape index (κ1) is 23.1. The molecule has 0 aliphatic carbocycles. The Morgan fingerprint density at radius 1 is 1.33 bits per heavy atom. The van der Waals surface area contributed by atoms with E-state index in [1.54, 1.807) is 32.5 Å². The average Bonchev–Trinajstić information content (AvgIpc) is 3.35. The van der Waals surface area contributed by atoms with Crippen LogP contribution in [0.1, 0.15) is 51.9 Å². The lowest BCUT2D eigenvalue weighted by Crippen LogP contribution is -2.58. The van der Waals surface area contributed by atoms with Crippen molar-refractivity contribution in [3.8, 4) is 0 Å². The molecule has 8 heteroatoms. The minimum atomic E-state index is -1.17. The molecule has 1 aromatic carbocycles. The molecular formula is C22H33N3O4S. The van der Waals surface area contributed by atoms with Crippen molar-refractivity contribution < 1.29 is 19.1 Å². The van der Waals surface area contributed by atoms with E-state index in [1.165, 1.54) is 0 Å². The van der Waals surface area contributed by atoms with Crippen molar-refractivity contribution in [3.05, 3.63) is 35.9 Å². The zero-order valence-electron chi connectivity index (χ0n) is 18.4. The summed E-state index contributed by atoms with van der Waals surface area (Å²) >= 11 is 1.66. The van der Waals surface area contributed by atoms with Gasteiger partial charge >= 0.3 is 6.09 Å². The molecule has 0 aromatic heterocycles. The number of nitrogens with zero attached hydrogens (tertiary/aromatic N) is 1. The van der Waals surface area contributed by atoms with Crippen molar-refractivity contribution in [2.75, 3.05) is 12.3 Å². The predicted octanol–water partition coefficient (Wildman–Crippen LogP) is 3.25. The highest BCUT2D eigenvalue weighted by atomic mass is 32.2. The lowest BCUT2D eigenvalue weighted by molar-refractivity contribution is -0.138. The zero-order chi connectivity index (χ0) is 22.1. The number of nitrogens with two attached hydrogens (primary N) is 1. The molecule has 7 nitrogen and oxygen atoms in total. The second-order valence-electron chi connectivity index (χ2n) is 9.26. The summed E-state index contributed by atoms with van der Waals surface area (Å²) in [6, 6.07) is 9.01. The van der Waals surface area contributed by atoms with E-state index in [0.717, 1.165) is 22.8 Å². The Hall–Kier alpha value is -1.61. The van der Waals surface area contributed by atoms with E-state index in [0.29, 0.717) is 6.42 Å². The molecule has 166 valence electrons. The van der Waals surface area contributed by atoms with Crippen molar-refractivity contribution in [2.45, 2.75) is 69.9 Å². The van der Waals surface area contributed by atoms with Gasteiger partial charge in [0.05, 0.1) is 11.3 Å². The number of carbonyl (C=O) groups excluding carboxylic acids is 2. The van der Waals surface area contributed by atoms with E-state index in [2.05, 4.69) is 5.32 Å². The van der Waals surface area contributed by atoms with Crippen LogP contribution >= 0.6 is 11.8 Å². The standard InChI is InChI=1S/C22H33N3O4S/c1-14(2)13-16(23)18(26)25(20(27)29-21(3,4)5)22-17(15-9-7-6-8-10-15)30-12-11-24-19(22)28-22/h6-10,14,16-17,19,24H,11-13,23H2,1-5H3/t16-,17?,19?,22?/m0/s1. The van der Waals surface area contributed by atoms with Gasteiger partial charge in [-0.15, -0.1) is 11.8 Å². The van der Waals surface area contributed by atoms with Crippen LogP contribution in [-0.4, -0.2) is 52.8 Å². The number of hydrogen-bond donors (Lipinski definition) is 2. The first-order valence-electron chi connectivity index (χ1n) is 10.5. The van der Waals surface area contributed by atoms with Crippen molar-refractivity contribution in [3.63, 3.8) is 0 Å². The van der Waals surface area contributed by atoms with E-state index in [-0.39, 0.29) is 11.2 Å². The maximum atomic E-state index is 13.5. The SMILES string of the molecule is CC(C)C[C@H](N)C(=O)N(C(=O)OC(C)(C)C)C12OC1NCCSC2c1ccccc1. The second-order valence-corrected chi connectivity index (χ2v) is 10.5. The van der Waals surface area contributed by atoms with Crippen LogP contribution < -0.4 is 11.1 Å². The number of ether oxygens (including phenoxy) is 2. The van der Waals surface area contributed by atoms with Crippen molar-refractivity contribution >= 4 is 23.8 Å². The summed E-state index contributed by atoms with van der Waals surface area (Å²) in [6.45, 7) is 10.0. The molecule has 2 saturated heterocycles. The monoisotopic (exact) mass is 435 g/mol. The molecule has 0 bridgehead atoms. The fraction of sp³-hybridized carbons (Fsp3) is 0.636. The minimum absolute atomic E-state index is 0.212. The molecule has 3 N–H and O–H groups in total. The van der Waals surface area contributed by atoms with Gasteiger partial charge in [-0.05, 0) is 38.7 Å². The number of thioether (sulfide) groups is 1. The third-order valence-corrected chi connectivity index (χ3v) is 6.39. The van der Waals surface area contributed by atoms with E-state index in [9.17, 15) is 9.59 Å². The van der Waals surface area contributed by atoms with Crippen LogP contribution in [-0.2, 0) is 14.3 Å². The lowest BCUT2D eigenvalue weighted by Gasteiger charge is -2.35. The summed E-state index contributed by atoms with van der Waals surface area (Å²) < 4.78 is 11.7. The van der Waals surface area contributed by atoms with Gasteiger partial charge in [-0.25, -0.2) is 9.69 Å². The van der Waals surface area contributed by atoms with Gasteiger partial charge in [0.1, 0.15) is 5.60 Å². The first-order valence-corrected chi connectivity index (χ1v) is 11.5. The van der Waals surface area contributed by atoms with Crippen molar-refractivity contribution in [1.29, 1.82) is 0 Å². The molecule has 2 fully saturated rings. The quantitative estimate of drug-likeness (QED) is 0.685. The number of epoxide rings is 1. The molecule has 2 heterocycles. The number of nitrogens with one attached hydrogen (secondary N) is 1. The second kappa shape index (κ2) is 8.86. The highest BCUT2D eigenvalue weighted by molar-refractivity contribution is 7.99. The van der Waals surface area contributed by atoms with Crippen molar-refractivity contribution in [1.82, 2.24) is 10.2 Å². The fourth-order valence-electron chi connectivity index (χ4n) is 3.77. The van der Waals surface area contributed by atoms with E-state index in [4.69, 9.17) is 15.2 Å². The summed E-state index contributed by atoms with van der Waals surface area (Å²) in [5.41, 5.74) is 5.31. The van der Waals surface area contributed by atoms with E-state index < -0.39 is 35.6 Å². The van der Waals surface area contributed by atoms with E-state index in [1.807, 2.05) is 44.2 Å². The molecular weight excluding hydrogens is 402 g/mol. The Morgan fingerprint density at radius 3 is 2.60 bits per heavy atom. The molecule has 2 aliphatic heterocycles. The van der Waals surface area contributed by atoms with Gasteiger partial charge < -0.3 is 15.2 Å². The first-order chi connectivity index (χ1) is 14.1. The van der Waals surface area contributed by atoms with Crippen LogP contribution in [0.15, 0.2) is 30.3 Å². The Morgan fingerprint density at radius 2 is 2.00 bits per heavy atom. The molecule has 1 aromatic rings. The van der Waals surface area contributed by atoms with Crippen LogP contribution in [0.4, 0.5) is 4.79 Å². The maximum absolute atomic E-state index is 13.5.